The number of nitrogens with zero attached hydrogens (tertiary/aromatic N) is 2. The molecular weight excluding hydrogens is 328 g/mol. The Bertz CT molecular complexity index is 714. The van der Waals surface area contributed by atoms with Crippen molar-refractivity contribution in [3.8, 4) is 0 Å². The molecule has 0 saturated carbocycles. The first-order chi connectivity index (χ1) is 13.2. The van der Waals surface area contributed by atoms with Gasteiger partial charge in [-0.25, -0.2) is 0 Å². The molecule has 0 N–H and O–H groups in total. The maximum absolute atomic E-state index is 2.63. The van der Waals surface area contributed by atoms with Gasteiger partial charge in [0.05, 0.1) is 0 Å². The third kappa shape index (κ3) is 5.84. The molecule has 0 spiro atoms. The average Bonchev–Trinajstić information content (AvgIpc) is 2.69. The lowest BCUT2D eigenvalue weighted by Gasteiger charge is -2.36. The van der Waals surface area contributed by atoms with E-state index in [4.69, 9.17) is 0 Å². The quantitative estimate of drug-likeness (QED) is 0.579. The molecule has 0 amide bonds. The molecule has 0 atom stereocenters. The predicted octanol–water partition coefficient (Wildman–Crippen LogP) is 5.40. The molecule has 0 unspecified atom stereocenters. The molecule has 0 aliphatic carbocycles. The van der Waals surface area contributed by atoms with Crippen molar-refractivity contribution in [2.45, 2.75) is 52.9 Å². The number of unbranched alkanes of at least 4 members (excludes halogenated alkanes) is 2. The molecule has 0 radical (unpaired) electrons. The lowest BCUT2D eigenvalue weighted by Crippen LogP contribution is -2.47. The molecule has 1 saturated heterocycles. The van der Waals surface area contributed by atoms with E-state index < -0.39 is 0 Å². The van der Waals surface area contributed by atoms with Gasteiger partial charge in [-0.15, -0.1) is 0 Å². The van der Waals surface area contributed by atoms with Crippen LogP contribution in [-0.4, -0.2) is 37.6 Å². The Morgan fingerprint density at radius 2 is 1.67 bits per heavy atom. The molecular formula is C25H36N2. The van der Waals surface area contributed by atoms with Crippen LogP contribution in [0, 0.1) is 13.8 Å². The number of anilines is 1. The van der Waals surface area contributed by atoms with E-state index in [9.17, 15) is 0 Å². The first kappa shape index (κ1) is 19.9. The minimum absolute atomic E-state index is 1.14. The van der Waals surface area contributed by atoms with Gasteiger partial charge in [0, 0.05) is 38.4 Å². The summed E-state index contributed by atoms with van der Waals surface area (Å²) in [5.74, 6) is 0. The molecule has 146 valence electrons. The fraction of sp³-hybridized carbons (Fsp3) is 0.520. The van der Waals surface area contributed by atoms with Crippen molar-refractivity contribution in [1.29, 1.82) is 0 Å². The van der Waals surface area contributed by atoms with E-state index in [2.05, 4.69) is 73.0 Å². The van der Waals surface area contributed by atoms with Gasteiger partial charge in [-0.2, -0.15) is 0 Å². The van der Waals surface area contributed by atoms with Crippen molar-refractivity contribution in [3.05, 3.63) is 64.7 Å². The number of piperazine rings is 1. The number of hydrogen-bond donors (Lipinski definition) is 0. The molecule has 1 fully saturated rings. The van der Waals surface area contributed by atoms with Gasteiger partial charge in [0.25, 0.3) is 0 Å². The van der Waals surface area contributed by atoms with E-state index in [1.807, 2.05) is 0 Å². The van der Waals surface area contributed by atoms with Crippen molar-refractivity contribution in [1.82, 2.24) is 4.90 Å². The molecule has 0 aromatic heterocycles. The highest BCUT2D eigenvalue weighted by Crippen LogP contribution is 2.19. The van der Waals surface area contributed by atoms with Crippen molar-refractivity contribution in [2.75, 3.05) is 37.6 Å². The zero-order valence-corrected chi connectivity index (χ0v) is 17.5. The smallest absolute Gasteiger partial charge is 0.0369 e. The molecule has 1 aliphatic heterocycles. The van der Waals surface area contributed by atoms with Crippen LogP contribution in [0.4, 0.5) is 5.69 Å². The third-order valence-electron chi connectivity index (χ3n) is 5.92. The van der Waals surface area contributed by atoms with E-state index in [1.54, 1.807) is 5.56 Å². The van der Waals surface area contributed by atoms with E-state index >= 15 is 0 Å². The van der Waals surface area contributed by atoms with Gasteiger partial charge < -0.3 is 4.90 Å². The van der Waals surface area contributed by atoms with Crippen LogP contribution in [0.5, 0.6) is 0 Å². The van der Waals surface area contributed by atoms with Crippen LogP contribution in [-0.2, 0) is 12.8 Å². The molecule has 2 nitrogen and oxygen atoms in total. The van der Waals surface area contributed by atoms with Crippen LogP contribution in [0.3, 0.4) is 0 Å². The topological polar surface area (TPSA) is 6.48 Å². The lowest BCUT2D eigenvalue weighted by atomic mass is 9.98. The van der Waals surface area contributed by atoms with Gasteiger partial charge in [0.15, 0.2) is 0 Å². The highest BCUT2D eigenvalue weighted by atomic mass is 15.3. The van der Waals surface area contributed by atoms with Crippen molar-refractivity contribution >= 4 is 5.69 Å². The minimum Gasteiger partial charge on any atom is -0.369 e. The van der Waals surface area contributed by atoms with Crippen molar-refractivity contribution in [2.24, 2.45) is 0 Å². The SMILES string of the molecule is CCCCCc1cc(CCN2CCN(c3cccc(C)c3)CC2)ccc1C. The summed E-state index contributed by atoms with van der Waals surface area (Å²) in [5, 5.41) is 0. The zero-order chi connectivity index (χ0) is 19.1. The second-order valence-corrected chi connectivity index (χ2v) is 8.14. The Kier molecular flexibility index (Phi) is 7.34. The second-order valence-electron chi connectivity index (χ2n) is 8.14. The monoisotopic (exact) mass is 364 g/mol. The van der Waals surface area contributed by atoms with E-state index in [0.29, 0.717) is 0 Å². The molecule has 2 aromatic carbocycles. The standard InChI is InChI=1S/C25H36N2/c1-4-5-6-9-24-20-23(12-11-22(24)3)13-14-26-15-17-27(18-16-26)25-10-7-8-21(2)19-25/h7-8,10-12,19-20H,4-6,9,13-18H2,1-3H3. The number of aryl methyl sites for hydroxylation is 3. The number of benzene rings is 2. The number of rotatable bonds is 8. The van der Waals surface area contributed by atoms with Crippen LogP contribution in [0.25, 0.3) is 0 Å². The minimum atomic E-state index is 1.14. The van der Waals surface area contributed by atoms with Crippen LogP contribution in [0.15, 0.2) is 42.5 Å². The van der Waals surface area contributed by atoms with E-state index in [-0.39, 0.29) is 0 Å². The first-order valence-corrected chi connectivity index (χ1v) is 10.8. The Morgan fingerprint density at radius 1 is 0.852 bits per heavy atom. The van der Waals surface area contributed by atoms with Crippen LogP contribution in [0.1, 0.15) is 48.4 Å². The third-order valence-corrected chi connectivity index (χ3v) is 5.92. The highest BCUT2D eigenvalue weighted by molar-refractivity contribution is 5.48. The molecule has 0 bridgehead atoms. The highest BCUT2D eigenvalue weighted by Gasteiger charge is 2.17. The van der Waals surface area contributed by atoms with Gasteiger partial charge >= 0.3 is 0 Å². The van der Waals surface area contributed by atoms with E-state index in [0.717, 1.165) is 13.1 Å². The summed E-state index contributed by atoms with van der Waals surface area (Å²) in [4.78, 5) is 5.16. The molecule has 1 heterocycles. The Morgan fingerprint density at radius 3 is 2.41 bits per heavy atom. The molecule has 2 aromatic rings. The van der Waals surface area contributed by atoms with Crippen molar-refractivity contribution < 1.29 is 0 Å². The lowest BCUT2D eigenvalue weighted by molar-refractivity contribution is 0.261. The molecule has 27 heavy (non-hydrogen) atoms. The second kappa shape index (κ2) is 9.94. The van der Waals surface area contributed by atoms with E-state index in [1.165, 1.54) is 74.1 Å². The van der Waals surface area contributed by atoms with Crippen LogP contribution in [0.2, 0.25) is 0 Å². The molecule has 3 rings (SSSR count). The van der Waals surface area contributed by atoms with Gasteiger partial charge in [0.1, 0.15) is 0 Å². The first-order valence-electron chi connectivity index (χ1n) is 10.8. The summed E-state index contributed by atoms with van der Waals surface area (Å²) >= 11 is 0. The normalized spacial score (nSPS) is 15.3. The summed E-state index contributed by atoms with van der Waals surface area (Å²) in [6, 6.07) is 16.0. The Balaban J connectivity index is 1.48. The average molecular weight is 365 g/mol. The maximum Gasteiger partial charge on any atom is 0.0369 e. The predicted molar refractivity (Wildman–Crippen MR) is 118 cm³/mol. The molecule has 1 aliphatic rings. The van der Waals surface area contributed by atoms with Crippen LogP contribution >= 0.6 is 0 Å². The summed E-state index contributed by atoms with van der Waals surface area (Å²) in [7, 11) is 0. The Labute approximate surface area is 166 Å². The fourth-order valence-corrected chi connectivity index (χ4v) is 4.06. The van der Waals surface area contributed by atoms with Gasteiger partial charge in [-0.05, 0) is 67.5 Å². The zero-order valence-electron chi connectivity index (χ0n) is 17.5. The fourth-order valence-electron chi connectivity index (χ4n) is 4.06. The Hall–Kier alpha value is -1.80. The van der Waals surface area contributed by atoms with Gasteiger partial charge in [-0.1, -0.05) is 50.1 Å². The maximum atomic E-state index is 2.63. The summed E-state index contributed by atoms with van der Waals surface area (Å²) in [5.41, 5.74) is 7.26. The largest absolute Gasteiger partial charge is 0.369 e. The van der Waals surface area contributed by atoms with Crippen molar-refractivity contribution in [3.63, 3.8) is 0 Å². The summed E-state index contributed by atoms with van der Waals surface area (Å²) in [6.45, 7) is 12.5. The van der Waals surface area contributed by atoms with Crippen LogP contribution < -0.4 is 4.90 Å². The number of hydrogen-bond acceptors (Lipinski definition) is 2. The van der Waals surface area contributed by atoms with Gasteiger partial charge in [-0.3, -0.25) is 4.90 Å². The molecule has 2 heteroatoms. The summed E-state index contributed by atoms with van der Waals surface area (Å²) in [6.07, 6.45) is 6.37. The van der Waals surface area contributed by atoms with Gasteiger partial charge in [0.2, 0.25) is 0 Å². The summed E-state index contributed by atoms with van der Waals surface area (Å²) < 4.78 is 0.